The van der Waals surface area contributed by atoms with Gasteiger partial charge in [-0.1, -0.05) is 124 Å². The smallest absolute Gasteiger partial charge is 0.261 e. The van der Waals surface area contributed by atoms with E-state index in [0.717, 1.165) is 0 Å². The van der Waals surface area contributed by atoms with E-state index >= 15 is 0 Å². The van der Waals surface area contributed by atoms with Gasteiger partial charge in [-0.15, -0.1) is 0 Å². The molecule has 3 nitrogen and oxygen atoms in total. The third kappa shape index (κ3) is 5.58. The van der Waals surface area contributed by atoms with E-state index in [1.165, 1.54) is 15.9 Å². The van der Waals surface area contributed by atoms with Crippen molar-refractivity contribution in [1.29, 1.82) is 0 Å². The highest BCUT2D eigenvalue weighted by Gasteiger charge is 2.50. The maximum absolute atomic E-state index is 7.15. The molecule has 1 aliphatic rings. The first kappa shape index (κ1) is 24.6. The largest absolute Gasteiger partial charge is 0.407 e. The summed E-state index contributed by atoms with van der Waals surface area (Å²) in [5.74, 6) is 0.145. The van der Waals surface area contributed by atoms with Crippen LogP contribution in [-0.4, -0.2) is 34.2 Å². The number of benzene rings is 3. The van der Waals surface area contributed by atoms with Crippen molar-refractivity contribution in [2.75, 3.05) is 19.8 Å². The predicted molar refractivity (Wildman–Crippen MR) is 142 cm³/mol. The molecule has 0 amide bonds. The fourth-order valence-electron chi connectivity index (χ4n) is 4.84. The van der Waals surface area contributed by atoms with Crippen LogP contribution in [0.2, 0.25) is 5.04 Å². The van der Waals surface area contributed by atoms with Gasteiger partial charge in [0.15, 0.2) is 0 Å². The topological polar surface area (TPSA) is 27.7 Å². The summed E-state index contributed by atoms with van der Waals surface area (Å²) in [7, 11) is -2.58. The Kier molecular flexibility index (Phi) is 8.17. The van der Waals surface area contributed by atoms with Crippen LogP contribution in [0.1, 0.15) is 26.3 Å². The number of hydrogen-bond donors (Lipinski definition) is 0. The molecule has 178 valence electrons. The van der Waals surface area contributed by atoms with Crippen LogP contribution in [0.4, 0.5) is 0 Å². The van der Waals surface area contributed by atoms with Crippen molar-refractivity contribution in [3.05, 3.63) is 109 Å². The van der Waals surface area contributed by atoms with Crippen molar-refractivity contribution in [2.24, 2.45) is 5.92 Å². The third-order valence-corrected chi connectivity index (χ3v) is 11.6. The second-order valence-corrected chi connectivity index (χ2v) is 14.2. The van der Waals surface area contributed by atoms with Crippen LogP contribution >= 0.6 is 0 Å². The summed E-state index contributed by atoms with van der Waals surface area (Å²) in [6.07, 6.45) is 4.33. The summed E-state index contributed by atoms with van der Waals surface area (Å²) < 4.78 is 19.3. The maximum atomic E-state index is 7.15. The second-order valence-electron chi connectivity index (χ2n) is 9.94. The summed E-state index contributed by atoms with van der Waals surface area (Å²) >= 11 is 0. The van der Waals surface area contributed by atoms with Gasteiger partial charge in [-0.05, 0) is 21.0 Å². The molecule has 0 aromatic heterocycles. The minimum atomic E-state index is -2.58. The van der Waals surface area contributed by atoms with E-state index in [2.05, 4.69) is 106 Å². The Bertz CT molecular complexity index is 989. The SMILES string of the molecule is CC(C)(C)[Si](OC[C@H]1C=CCO[C@@H]1COCc1ccccc1)(c1ccccc1)c1ccccc1. The first-order valence-corrected chi connectivity index (χ1v) is 14.1. The molecule has 4 rings (SSSR count). The van der Waals surface area contributed by atoms with Gasteiger partial charge in [0, 0.05) is 12.5 Å². The van der Waals surface area contributed by atoms with E-state index < -0.39 is 8.32 Å². The minimum Gasteiger partial charge on any atom is -0.407 e. The number of hydrogen-bond acceptors (Lipinski definition) is 3. The van der Waals surface area contributed by atoms with Gasteiger partial charge in [0.25, 0.3) is 8.32 Å². The normalized spacial score (nSPS) is 18.7. The predicted octanol–water partition coefficient (Wildman–Crippen LogP) is 5.35. The Hall–Kier alpha value is -2.50. The Morgan fingerprint density at radius 3 is 1.91 bits per heavy atom. The monoisotopic (exact) mass is 472 g/mol. The van der Waals surface area contributed by atoms with Crippen LogP contribution in [0.3, 0.4) is 0 Å². The molecule has 0 fully saturated rings. The lowest BCUT2D eigenvalue weighted by Crippen LogP contribution is -2.67. The van der Waals surface area contributed by atoms with Crippen LogP contribution in [0.25, 0.3) is 0 Å². The standard InChI is InChI=1S/C30H36O3Si/c1-30(2,3)34(27-17-9-5-10-18-27,28-19-11-6-12-20-28)33-23-26-16-13-21-32-29(26)24-31-22-25-14-7-4-8-15-25/h4-20,26,29H,21-24H2,1-3H3/t26-,29-/m1/s1. The lowest BCUT2D eigenvalue weighted by Gasteiger charge is -2.44. The van der Waals surface area contributed by atoms with E-state index in [0.29, 0.717) is 26.4 Å². The zero-order valence-corrected chi connectivity index (χ0v) is 21.5. The van der Waals surface area contributed by atoms with Crippen molar-refractivity contribution in [3.63, 3.8) is 0 Å². The van der Waals surface area contributed by atoms with Gasteiger partial charge in [0.1, 0.15) is 0 Å². The van der Waals surface area contributed by atoms with Crippen LogP contribution in [0.15, 0.2) is 103 Å². The summed E-state index contributed by atoms with van der Waals surface area (Å²) in [6, 6.07) is 31.9. The van der Waals surface area contributed by atoms with Gasteiger partial charge in [0.2, 0.25) is 0 Å². The van der Waals surface area contributed by atoms with Crippen LogP contribution in [0.5, 0.6) is 0 Å². The highest BCUT2D eigenvalue weighted by atomic mass is 28.4. The van der Waals surface area contributed by atoms with Gasteiger partial charge < -0.3 is 13.9 Å². The molecule has 0 radical (unpaired) electrons. The summed E-state index contributed by atoms with van der Waals surface area (Å²) in [6.45, 7) is 9.30. The molecule has 0 spiro atoms. The second kappa shape index (κ2) is 11.3. The molecule has 1 heterocycles. The van der Waals surface area contributed by atoms with Crippen LogP contribution in [-0.2, 0) is 20.5 Å². The highest BCUT2D eigenvalue weighted by molar-refractivity contribution is 6.99. The van der Waals surface area contributed by atoms with Crippen LogP contribution < -0.4 is 10.4 Å². The van der Waals surface area contributed by atoms with Gasteiger partial charge >= 0.3 is 0 Å². The lowest BCUT2D eigenvalue weighted by atomic mass is 10.0. The van der Waals surface area contributed by atoms with E-state index in [-0.39, 0.29) is 17.1 Å². The molecule has 34 heavy (non-hydrogen) atoms. The molecule has 0 saturated carbocycles. The number of rotatable bonds is 9. The van der Waals surface area contributed by atoms with Crippen molar-refractivity contribution < 1.29 is 13.9 Å². The fraction of sp³-hybridized carbons (Fsp3) is 0.333. The molecule has 4 heteroatoms. The average Bonchev–Trinajstić information content (AvgIpc) is 2.86. The molecular weight excluding hydrogens is 436 g/mol. The van der Waals surface area contributed by atoms with Crippen LogP contribution in [0, 0.1) is 5.92 Å². The van der Waals surface area contributed by atoms with E-state index in [1.54, 1.807) is 0 Å². The van der Waals surface area contributed by atoms with E-state index in [4.69, 9.17) is 13.9 Å². The van der Waals surface area contributed by atoms with Gasteiger partial charge in [-0.25, -0.2) is 0 Å². The maximum Gasteiger partial charge on any atom is 0.261 e. The quantitative estimate of drug-likeness (QED) is 0.310. The molecule has 3 aromatic carbocycles. The third-order valence-electron chi connectivity index (χ3n) is 6.57. The first-order chi connectivity index (χ1) is 16.5. The van der Waals surface area contributed by atoms with E-state index in [1.807, 2.05) is 18.2 Å². The van der Waals surface area contributed by atoms with Gasteiger partial charge in [-0.2, -0.15) is 0 Å². The molecule has 0 N–H and O–H groups in total. The Morgan fingerprint density at radius 1 is 0.794 bits per heavy atom. The van der Waals surface area contributed by atoms with Crippen molar-refractivity contribution in [2.45, 2.75) is 38.5 Å². The zero-order valence-electron chi connectivity index (χ0n) is 20.5. The van der Waals surface area contributed by atoms with Crippen molar-refractivity contribution in [1.82, 2.24) is 0 Å². The Labute approximate surface area is 205 Å². The molecule has 1 aliphatic heterocycles. The van der Waals surface area contributed by atoms with E-state index in [9.17, 15) is 0 Å². The molecule has 0 saturated heterocycles. The van der Waals surface area contributed by atoms with Crippen molar-refractivity contribution >= 4 is 18.7 Å². The Morgan fingerprint density at radius 2 is 1.35 bits per heavy atom. The molecule has 0 bridgehead atoms. The fourth-order valence-corrected chi connectivity index (χ4v) is 9.44. The summed E-state index contributed by atoms with van der Waals surface area (Å²) in [4.78, 5) is 0. The molecule has 2 atom stereocenters. The first-order valence-electron chi connectivity index (χ1n) is 12.2. The number of ether oxygens (including phenoxy) is 2. The molecule has 0 unspecified atom stereocenters. The summed E-state index contributed by atoms with van der Waals surface area (Å²) in [5.41, 5.74) is 1.17. The molecular formula is C30H36O3Si. The lowest BCUT2D eigenvalue weighted by molar-refractivity contribution is -0.0465. The Balaban J connectivity index is 1.55. The summed E-state index contributed by atoms with van der Waals surface area (Å²) in [5, 5.41) is 2.55. The average molecular weight is 473 g/mol. The van der Waals surface area contributed by atoms with Gasteiger partial charge in [-0.3, -0.25) is 0 Å². The molecule has 3 aromatic rings. The minimum absolute atomic E-state index is 0.0214. The molecule has 0 aliphatic carbocycles. The van der Waals surface area contributed by atoms with Crippen molar-refractivity contribution in [3.8, 4) is 0 Å². The zero-order chi connectivity index (χ0) is 23.9. The van der Waals surface area contributed by atoms with Gasteiger partial charge in [0.05, 0.1) is 25.9 Å². The highest BCUT2D eigenvalue weighted by Crippen LogP contribution is 2.37.